The van der Waals surface area contributed by atoms with E-state index < -0.39 is 0 Å². The van der Waals surface area contributed by atoms with Crippen molar-refractivity contribution in [3.05, 3.63) is 51.8 Å². The number of nitrogens with one attached hydrogen (secondary N) is 2. The van der Waals surface area contributed by atoms with Gasteiger partial charge in [-0.05, 0) is 87.5 Å². The van der Waals surface area contributed by atoms with Crippen molar-refractivity contribution in [1.82, 2.24) is 10.6 Å². The molecule has 0 aromatic heterocycles. The van der Waals surface area contributed by atoms with E-state index >= 15 is 0 Å². The van der Waals surface area contributed by atoms with E-state index in [-0.39, 0.29) is 39.4 Å². The summed E-state index contributed by atoms with van der Waals surface area (Å²) in [7, 11) is 0. The van der Waals surface area contributed by atoms with Gasteiger partial charge < -0.3 is 20.8 Å². The van der Waals surface area contributed by atoms with Gasteiger partial charge in [-0.1, -0.05) is 114 Å². The molecule has 1 aromatic rings. The van der Waals surface area contributed by atoms with Crippen LogP contribution in [0, 0.1) is 16.7 Å². The molecule has 46 heavy (non-hydrogen) atoms. The second kappa shape index (κ2) is 15.9. The van der Waals surface area contributed by atoms with Crippen LogP contribution in [-0.4, -0.2) is 35.1 Å². The number of unbranched alkanes of at least 4 members (excludes halogenated alkanes) is 3. The monoisotopic (exact) mass is 639 g/mol. The zero-order chi connectivity index (χ0) is 35.1. The number of aryl methyl sites for hydroxylation is 1. The molecular formula is C40H66N2O4. The number of hydrogen-bond acceptors (Lipinski definition) is 4. The molecule has 260 valence electrons. The predicted octanol–water partition coefficient (Wildman–Crippen LogP) is 9.34. The van der Waals surface area contributed by atoms with Crippen molar-refractivity contribution < 1.29 is 19.8 Å². The van der Waals surface area contributed by atoms with Crippen LogP contribution in [0.1, 0.15) is 151 Å². The average molecular weight is 639 g/mol. The van der Waals surface area contributed by atoms with E-state index in [9.17, 15) is 19.8 Å². The highest BCUT2D eigenvalue weighted by atomic mass is 16.3. The maximum absolute atomic E-state index is 12.6. The van der Waals surface area contributed by atoms with E-state index in [4.69, 9.17) is 0 Å². The van der Waals surface area contributed by atoms with Gasteiger partial charge in [0.25, 0.3) is 0 Å². The Morgan fingerprint density at radius 3 is 1.61 bits per heavy atom. The van der Waals surface area contributed by atoms with E-state index in [1.54, 1.807) is 0 Å². The van der Waals surface area contributed by atoms with Crippen LogP contribution in [0.2, 0.25) is 0 Å². The van der Waals surface area contributed by atoms with Crippen LogP contribution in [-0.2, 0) is 26.8 Å². The Kier molecular flexibility index (Phi) is 13.6. The number of aliphatic hydroxyl groups excluding tert-OH is 1. The van der Waals surface area contributed by atoms with E-state index in [1.807, 2.05) is 0 Å². The number of allylic oxidation sites excluding steroid dienone is 3. The molecule has 0 bridgehead atoms. The van der Waals surface area contributed by atoms with Gasteiger partial charge in [0.1, 0.15) is 11.5 Å². The number of phenolic OH excluding ortho intramolecular Hbond substituents is 1. The standard InChI is InChI=1S/C40H66N2O4/c1-37(2,3)29-23-27(24-30(35(29)45)38(4,5)6)17-19-33(43)41-21-15-13-14-16-22-42-34(44)20-18-28-25-31(39(7,8)9)36(46)32(26-28)40(10,11)12/h23-25,28,45-46H,13-22,26H2,1-12H3,(H,41,43)(H,42,44). The summed E-state index contributed by atoms with van der Waals surface area (Å²) in [5.74, 6) is 1.21. The molecule has 0 fully saturated rings. The SMILES string of the molecule is CC(C)(C)C1=CC(CCC(=O)NCCCCCCNC(=O)CCc2cc(C(C)(C)C)c(O)c(C(C)(C)C)c2)CC(C(C)(C)C)=C1O. The molecule has 0 heterocycles. The largest absolute Gasteiger partial charge is 0.508 e. The Morgan fingerprint density at radius 2 is 1.17 bits per heavy atom. The van der Waals surface area contributed by atoms with Crippen LogP contribution in [0.25, 0.3) is 0 Å². The van der Waals surface area contributed by atoms with Crippen LogP contribution >= 0.6 is 0 Å². The summed E-state index contributed by atoms with van der Waals surface area (Å²) in [5, 5.41) is 28.1. The van der Waals surface area contributed by atoms with E-state index in [0.29, 0.717) is 43.9 Å². The lowest BCUT2D eigenvalue weighted by atomic mass is 9.70. The first-order valence-electron chi connectivity index (χ1n) is 17.6. The number of aromatic hydroxyl groups is 1. The van der Waals surface area contributed by atoms with Gasteiger partial charge in [0, 0.05) is 25.9 Å². The van der Waals surface area contributed by atoms with Crippen molar-refractivity contribution in [2.24, 2.45) is 16.7 Å². The fourth-order valence-corrected chi connectivity index (χ4v) is 6.14. The molecule has 0 aliphatic heterocycles. The van der Waals surface area contributed by atoms with Gasteiger partial charge in [-0.25, -0.2) is 0 Å². The van der Waals surface area contributed by atoms with Crippen LogP contribution in [0.15, 0.2) is 35.1 Å². The predicted molar refractivity (Wildman–Crippen MR) is 192 cm³/mol. The zero-order valence-electron chi connectivity index (χ0n) is 31.3. The van der Waals surface area contributed by atoms with Crippen molar-refractivity contribution >= 4 is 11.8 Å². The highest BCUT2D eigenvalue weighted by molar-refractivity contribution is 5.76. The Labute approximate surface area is 280 Å². The van der Waals surface area contributed by atoms with Crippen LogP contribution in [0.4, 0.5) is 0 Å². The molecule has 1 aliphatic rings. The number of amides is 2. The molecular weight excluding hydrogens is 572 g/mol. The lowest BCUT2D eigenvalue weighted by Crippen LogP contribution is -2.27. The van der Waals surface area contributed by atoms with E-state index in [1.165, 1.54) is 0 Å². The van der Waals surface area contributed by atoms with Gasteiger partial charge >= 0.3 is 0 Å². The second-order valence-corrected chi connectivity index (χ2v) is 17.6. The minimum absolute atomic E-state index is 0.0534. The van der Waals surface area contributed by atoms with Crippen LogP contribution < -0.4 is 10.6 Å². The normalized spacial score (nSPS) is 16.3. The average Bonchev–Trinajstić information content (AvgIpc) is 2.90. The number of rotatable bonds is 13. The van der Waals surface area contributed by atoms with Crippen molar-refractivity contribution in [3.63, 3.8) is 0 Å². The molecule has 2 rings (SSSR count). The fraction of sp³-hybridized carbons (Fsp3) is 0.700. The van der Waals surface area contributed by atoms with Gasteiger partial charge in [-0.2, -0.15) is 0 Å². The smallest absolute Gasteiger partial charge is 0.220 e. The van der Waals surface area contributed by atoms with Crippen LogP contribution in [0.5, 0.6) is 5.75 Å². The van der Waals surface area contributed by atoms with Gasteiger partial charge in [0.15, 0.2) is 0 Å². The Hall–Kier alpha value is -2.76. The Balaban J connectivity index is 1.68. The summed E-state index contributed by atoms with van der Waals surface area (Å²) in [6.07, 6.45) is 9.18. The number of hydrogen-bond donors (Lipinski definition) is 4. The van der Waals surface area contributed by atoms with Crippen molar-refractivity contribution in [2.45, 2.75) is 152 Å². The summed E-state index contributed by atoms with van der Waals surface area (Å²) in [5.41, 5.74) is 4.38. The molecule has 0 spiro atoms. The minimum Gasteiger partial charge on any atom is -0.508 e. The quantitative estimate of drug-likeness (QED) is 0.162. The first kappa shape index (κ1) is 39.4. The number of carbonyl (C=O) groups is 2. The summed E-state index contributed by atoms with van der Waals surface area (Å²) in [6, 6.07) is 4.11. The summed E-state index contributed by atoms with van der Waals surface area (Å²) in [6.45, 7) is 26.8. The molecule has 1 aliphatic carbocycles. The summed E-state index contributed by atoms with van der Waals surface area (Å²) < 4.78 is 0. The molecule has 1 unspecified atom stereocenters. The zero-order valence-corrected chi connectivity index (χ0v) is 31.3. The Bertz CT molecular complexity index is 1220. The summed E-state index contributed by atoms with van der Waals surface area (Å²) >= 11 is 0. The Morgan fingerprint density at radius 1 is 0.696 bits per heavy atom. The molecule has 2 amide bonds. The fourth-order valence-electron chi connectivity index (χ4n) is 6.14. The molecule has 6 nitrogen and oxygen atoms in total. The number of aliphatic hydroxyl groups is 1. The lowest BCUT2D eigenvalue weighted by molar-refractivity contribution is -0.122. The molecule has 1 atom stereocenters. The maximum Gasteiger partial charge on any atom is 0.220 e. The lowest BCUT2D eigenvalue weighted by Gasteiger charge is -2.35. The van der Waals surface area contributed by atoms with Gasteiger partial charge in [0.2, 0.25) is 11.8 Å². The molecule has 4 N–H and O–H groups in total. The van der Waals surface area contributed by atoms with E-state index in [0.717, 1.165) is 66.4 Å². The molecule has 0 radical (unpaired) electrons. The first-order chi connectivity index (χ1) is 21.0. The van der Waals surface area contributed by atoms with Gasteiger partial charge in [-0.3, -0.25) is 9.59 Å². The third kappa shape index (κ3) is 12.1. The van der Waals surface area contributed by atoms with Gasteiger partial charge in [0.05, 0.1) is 0 Å². The third-order valence-corrected chi connectivity index (χ3v) is 9.04. The topological polar surface area (TPSA) is 98.7 Å². The highest BCUT2D eigenvalue weighted by Crippen LogP contribution is 2.45. The second-order valence-electron chi connectivity index (χ2n) is 17.6. The van der Waals surface area contributed by atoms with Crippen molar-refractivity contribution in [1.29, 1.82) is 0 Å². The third-order valence-electron chi connectivity index (χ3n) is 9.04. The highest BCUT2D eigenvalue weighted by Gasteiger charge is 2.33. The number of phenols is 1. The van der Waals surface area contributed by atoms with Gasteiger partial charge in [-0.15, -0.1) is 0 Å². The van der Waals surface area contributed by atoms with Crippen molar-refractivity contribution in [2.75, 3.05) is 13.1 Å². The number of carbonyl (C=O) groups excluding carboxylic acids is 2. The first-order valence-corrected chi connectivity index (χ1v) is 17.6. The molecule has 1 aromatic carbocycles. The van der Waals surface area contributed by atoms with Crippen molar-refractivity contribution in [3.8, 4) is 5.75 Å². The number of benzene rings is 1. The minimum atomic E-state index is -0.186. The summed E-state index contributed by atoms with van der Waals surface area (Å²) in [4.78, 5) is 25.1. The molecule has 6 heteroatoms. The molecule has 0 saturated carbocycles. The van der Waals surface area contributed by atoms with Crippen LogP contribution in [0.3, 0.4) is 0 Å². The van der Waals surface area contributed by atoms with E-state index in [2.05, 4.69) is 112 Å². The maximum atomic E-state index is 12.6. The molecule has 0 saturated heterocycles.